The Bertz CT molecular complexity index is 636. The van der Waals surface area contributed by atoms with E-state index in [0.29, 0.717) is 5.56 Å². The van der Waals surface area contributed by atoms with Gasteiger partial charge >= 0.3 is 12.1 Å². The van der Waals surface area contributed by atoms with E-state index in [4.69, 9.17) is 9.47 Å². The van der Waals surface area contributed by atoms with Crippen molar-refractivity contribution < 1.29 is 28.6 Å². The van der Waals surface area contributed by atoms with Crippen LogP contribution in [0.1, 0.15) is 63.0 Å². The van der Waals surface area contributed by atoms with Crippen molar-refractivity contribution in [3.05, 3.63) is 28.6 Å². The lowest BCUT2D eigenvalue weighted by molar-refractivity contribution is 0.0195. The predicted molar refractivity (Wildman–Crippen MR) is 83.7 cm³/mol. The Kier molecular flexibility index (Phi) is 5.09. The van der Waals surface area contributed by atoms with Crippen molar-refractivity contribution in [3.63, 3.8) is 0 Å². The molecule has 0 atom stereocenters. The Hall–Kier alpha value is -2.11. The van der Waals surface area contributed by atoms with Gasteiger partial charge in [-0.15, -0.1) is 0 Å². The maximum atomic E-state index is 14.8. The SMILES string of the molecule is Cc1cc(C(C)(C)C)c(F)c(OC(=O)OC(C)(C)C)c1C(=O)O. The molecule has 1 aromatic rings. The first-order valence-corrected chi connectivity index (χ1v) is 7.21. The molecule has 0 amide bonds. The molecule has 23 heavy (non-hydrogen) atoms. The van der Waals surface area contributed by atoms with Crippen molar-refractivity contribution in [2.45, 2.75) is 59.5 Å². The summed E-state index contributed by atoms with van der Waals surface area (Å²) >= 11 is 0. The Balaban J connectivity index is 3.46. The molecule has 128 valence electrons. The summed E-state index contributed by atoms with van der Waals surface area (Å²) in [6.07, 6.45) is -1.15. The van der Waals surface area contributed by atoms with Crippen molar-refractivity contribution in [1.29, 1.82) is 0 Å². The number of ether oxygens (including phenoxy) is 2. The zero-order valence-electron chi connectivity index (χ0n) is 14.5. The van der Waals surface area contributed by atoms with Gasteiger partial charge in [0.15, 0.2) is 11.6 Å². The summed E-state index contributed by atoms with van der Waals surface area (Å²) in [6, 6.07) is 1.46. The molecule has 1 N–H and O–H groups in total. The zero-order chi connectivity index (χ0) is 18.2. The van der Waals surface area contributed by atoms with E-state index >= 15 is 0 Å². The zero-order valence-corrected chi connectivity index (χ0v) is 14.5. The number of benzene rings is 1. The predicted octanol–water partition coefficient (Wildman–Crippen LogP) is 4.44. The highest BCUT2D eigenvalue weighted by molar-refractivity contribution is 5.93. The lowest BCUT2D eigenvalue weighted by atomic mass is 9.84. The van der Waals surface area contributed by atoms with Crippen LogP contribution in [0.25, 0.3) is 0 Å². The van der Waals surface area contributed by atoms with Crippen molar-refractivity contribution in [1.82, 2.24) is 0 Å². The van der Waals surface area contributed by atoms with Crippen LogP contribution in [0.15, 0.2) is 6.07 Å². The molecule has 1 aromatic carbocycles. The van der Waals surface area contributed by atoms with Gasteiger partial charge in [-0.25, -0.2) is 14.0 Å². The van der Waals surface area contributed by atoms with Gasteiger partial charge < -0.3 is 14.6 Å². The second-order valence-corrected chi connectivity index (χ2v) is 7.38. The molecule has 0 aliphatic rings. The molecule has 0 aromatic heterocycles. The van der Waals surface area contributed by atoms with Gasteiger partial charge in [-0.2, -0.15) is 0 Å². The number of hydrogen-bond acceptors (Lipinski definition) is 4. The number of rotatable bonds is 2. The lowest BCUT2D eigenvalue weighted by Crippen LogP contribution is -2.27. The fraction of sp³-hybridized carbons (Fsp3) is 0.529. The minimum Gasteiger partial charge on any atom is -0.478 e. The molecule has 0 radical (unpaired) electrons. The van der Waals surface area contributed by atoms with Gasteiger partial charge in [0, 0.05) is 0 Å². The van der Waals surface area contributed by atoms with Crippen LogP contribution in [0.4, 0.5) is 9.18 Å². The summed E-state index contributed by atoms with van der Waals surface area (Å²) in [5, 5.41) is 9.31. The second-order valence-electron chi connectivity index (χ2n) is 7.38. The molecule has 0 heterocycles. The number of carboxylic acids is 1. The first-order chi connectivity index (χ1) is 10.2. The minimum atomic E-state index is -1.37. The van der Waals surface area contributed by atoms with E-state index in [1.54, 1.807) is 41.5 Å². The fourth-order valence-electron chi connectivity index (χ4n) is 2.02. The Morgan fingerprint density at radius 2 is 1.65 bits per heavy atom. The fourth-order valence-corrected chi connectivity index (χ4v) is 2.02. The Morgan fingerprint density at radius 1 is 1.13 bits per heavy atom. The van der Waals surface area contributed by atoms with E-state index in [1.807, 2.05) is 0 Å². The largest absolute Gasteiger partial charge is 0.514 e. The third-order valence-corrected chi connectivity index (χ3v) is 3.01. The van der Waals surface area contributed by atoms with Gasteiger partial charge in [0.1, 0.15) is 11.2 Å². The van der Waals surface area contributed by atoms with E-state index in [1.165, 1.54) is 13.0 Å². The van der Waals surface area contributed by atoms with Crippen LogP contribution in [-0.4, -0.2) is 22.8 Å². The summed E-state index contributed by atoms with van der Waals surface area (Å²) in [6.45, 7) is 11.7. The highest BCUT2D eigenvalue weighted by Crippen LogP contribution is 2.35. The van der Waals surface area contributed by atoms with Crippen LogP contribution in [-0.2, 0) is 10.2 Å². The standard InChI is InChI=1S/C17H23FO5/c1-9-8-10(16(2,3)4)12(18)13(11(9)14(19)20)22-15(21)23-17(5,6)7/h8H,1-7H3,(H,19,20). The smallest absolute Gasteiger partial charge is 0.478 e. The Labute approximate surface area is 135 Å². The summed E-state index contributed by atoms with van der Waals surface area (Å²) in [7, 11) is 0. The topological polar surface area (TPSA) is 72.8 Å². The molecular formula is C17H23FO5. The molecule has 0 aliphatic carbocycles. The van der Waals surface area contributed by atoms with Crippen LogP contribution < -0.4 is 4.74 Å². The van der Waals surface area contributed by atoms with E-state index in [9.17, 15) is 19.1 Å². The van der Waals surface area contributed by atoms with E-state index in [0.717, 1.165) is 0 Å². The quantitative estimate of drug-likeness (QED) is 0.642. The average molecular weight is 326 g/mol. The first-order valence-electron chi connectivity index (χ1n) is 7.21. The summed E-state index contributed by atoms with van der Waals surface area (Å²) in [4.78, 5) is 23.2. The lowest BCUT2D eigenvalue weighted by Gasteiger charge is -2.24. The van der Waals surface area contributed by atoms with E-state index in [2.05, 4.69) is 0 Å². The maximum Gasteiger partial charge on any atom is 0.514 e. The van der Waals surface area contributed by atoms with Gasteiger partial charge in [0.2, 0.25) is 0 Å². The number of carboxylic acid groups (broad SMARTS) is 1. The van der Waals surface area contributed by atoms with Crippen LogP contribution in [0, 0.1) is 12.7 Å². The second kappa shape index (κ2) is 6.18. The van der Waals surface area contributed by atoms with Crippen LogP contribution in [0.2, 0.25) is 0 Å². The maximum absolute atomic E-state index is 14.8. The van der Waals surface area contributed by atoms with Crippen molar-refractivity contribution in [3.8, 4) is 5.75 Å². The van der Waals surface area contributed by atoms with Gasteiger partial charge in [0.25, 0.3) is 0 Å². The Morgan fingerprint density at radius 3 is 2.04 bits per heavy atom. The van der Waals surface area contributed by atoms with Gasteiger partial charge in [-0.05, 0) is 44.2 Å². The number of carbonyl (C=O) groups is 2. The molecule has 0 saturated heterocycles. The molecule has 0 saturated carbocycles. The third-order valence-electron chi connectivity index (χ3n) is 3.01. The van der Waals surface area contributed by atoms with Crippen molar-refractivity contribution in [2.75, 3.05) is 0 Å². The summed E-state index contributed by atoms with van der Waals surface area (Å²) < 4.78 is 24.7. The number of aryl methyl sites for hydroxylation is 1. The minimum absolute atomic E-state index is 0.263. The van der Waals surface area contributed by atoms with E-state index in [-0.39, 0.29) is 11.1 Å². The average Bonchev–Trinajstić information content (AvgIpc) is 2.28. The monoisotopic (exact) mass is 326 g/mol. The molecular weight excluding hydrogens is 303 g/mol. The third kappa shape index (κ3) is 4.68. The molecule has 6 heteroatoms. The molecule has 0 fully saturated rings. The van der Waals surface area contributed by atoms with Gasteiger partial charge in [0.05, 0.1) is 0 Å². The first kappa shape index (κ1) is 18.9. The van der Waals surface area contributed by atoms with Gasteiger partial charge in [-0.1, -0.05) is 26.8 Å². The molecule has 1 rings (SSSR count). The molecule has 0 aliphatic heterocycles. The molecule has 0 bridgehead atoms. The molecule has 5 nitrogen and oxygen atoms in total. The summed E-state index contributed by atoms with van der Waals surface area (Å²) in [5.41, 5.74) is -1.24. The number of halogens is 1. The van der Waals surface area contributed by atoms with Crippen molar-refractivity contribution >= 4 is 12.1 Å². The highest BCUT2D eigenvalue weighted by atomic mass is 19.1. The van der Waals surface area contributed by atoms with E-state index < -0.39 is 34.7 Å². The van der Waals surface area contributed by atoms with Gasteiger partial charge in [-0.3, -0.25) is 0 Å². The summed E-state index contributed by atoms with van der Waals surface area (Å²) in [5.74, 6) is -2.86. The van der Waals surface area contributed by atoms with Crippen LogP contribution in [0.3, 0.4) is 0 Å². The highest BCUT2D eigenvalue weighted by Gasteiger charge is 2.30. The number of carbonyl (C=O) groups excluding carboxylic acids is 1. The van der Waals surface area contributed by atoms with Crippen LogP contribution >= 0.6 is 0 Å². The van der Waals surface area contributed by atoms with Crippen molar-refractivity contribution in [2.24, 2.45) is 0 Å². The molecule has 0 unspecified atom stereocenters. The normalized spacial score (nSPS) is 12.0. The van der Waals surface area contributed by atoms with Crippen LogP contribution in [0.5, 0.6) is 5.75 Å². The molecule has 0 spiro atoms. The number of aromatic carboxylic acids is 1. The number of hydrogen-bond donors (Lipinski definition) is 1.